The van der Waals surface area contributed by atoms with E-state index in [0.717, 1.165) is 18.8 Å². The monoisotopic (exact) mass is 306 g/mol. The number of halogens is 1. The number of hydrogen-bond acceptors (Lipinski definition) is 5. The van der Waals surface area contributed by atoms with Crippen molar-refractivity contribution >= 4 is 23.4 Å². The molecule has 1 aromatic carbocycles. The average molecular weight is 306 g/mol. The number of nitrogens with one attached hydrogen (secondary N) is 2. The first-order valence-corrected chi connectivity index (χ1v) is 8.09. The summed E-state index contributed by atoms with van der Waals surface area (Å²) in [5.41, 5.74) is 0.616. The average Bonchev–Trinajstić information content (AvgIpc) is 2.52. The molecule has 2 N–H and O–H groups in total. The Kier molecular flexibility index (Phi) is 5.80. The van der Waals surface area contributed by atoms with Crippen molar-refractivity contribution in [3.05, 3.63) is 41.7 Å². The molecule has 2 aromatic rings. The summed E-state index contributed by atoms with van der Waals surface area (Å²) in [7, 11) is 0. The van der Waals surface area contributed by atoms with Gasteiger partial charge < -0.3 is 10.6 Å². The van der Waals surface area contributed by atoms with Crippen LogP contribution in [-0.2, 0) is 6.54 Å². The number of rotatable bonds is 7. The topological polar surface area (TPSA) is 49.8 Å². The van der Waals surface area contributed by atoms with Gasteiger partial charge in [-0.2, -0.15) is 0 Å². The molecule has 2 rings (SSSR count). The Hall–Kier alpha value is -1.82. The van der Waals surface area contributed by atoms with Crippen LogP contribution in [-0.4, -0.2) is 22.8 Å². The van der Waals surface area contributed by atoms with E-state index < -0.39 is 0 Å². The van der Waals surface area contributed by atoms with Gasteiger partial charge in [0, 0.05) is 24.7 Å². The van der Waals surface area contributed by atoms with E-state index in [-0.39, 0.29) is 5.82 Å². The standard InChI is InChI=1S/C15H19FN4S/c1-3-8-17-13-9-14(20-15(19-13)21-2)18-10-11-6-4-5-7-12(11)16/h4-7,9H,3,8,10H2,1-2H3,(H2,17,18,19,20). The fourth-order valence-corrected chi connectivity index (χ4v) is 2.16. The molecule has 0 aliphatic heterocycles. The van der Waals surface area contributed by atoms with Crippen LogP contribution in [0.1, 0.15) is 18.9 Å². The molecule has 1 aromatic heterocycles. The highest BCUT2D eigenvalue weighted by atomic mass is 32.2. The summed E-state index contributed by atoms with van der Waals surface area (Å²) in [5, 5.41) is 7.08. The first kappa shape index (κ1) is 15.6. The van der Waals surface area contributed by atoms with Crippen LogP contribution in [0, 0.1) is 5.82 Å². The molecule has 0 radical (unpaired) electrons. The van der Waals surface area contributed by atoms with Gasteiger partial charge in [-0.05, 0) is 18.7 Å². The molecule has 21 heavy (non-hydrogen) atoms. The lowest BCUT2D eigenvalue weighted by Crippen LogP contribution is -2.07. The van der Waals surface area contributed by atoms with Gasteiger partial charge in [0.15, 0.2) is 5.16 Å². The molecular weight excluding hydrogens is 287 g/mol. The Bertz CT molecular complexity index is 592. The van der Waals surface area contributed by atoms with Crippen molar-refractivity contribution in [2.75, 3.05) is 23.4 Å². The molecule has 0 amide bonds. The maximum Gasteiger partial charge on any atom is 0.191 e. The van der Waals surface area contributed by atoms with Crippen LogP contribution < -0.4 is 10.6 Å². The molecule has 4 nitrogen and oxygen atoms in total. The number of nitrogens with zero attached hydrogens (tertiary/aromatic N) is 2. The molecule has 6 heteroatoms. The van der Waals surface area contributed by atoms with Crippen molar-refractivity contribution in [1.29, 1.82) is 0 Å². The normalized spacial score (nSPS) is 10.4. The summed E-state index contributed by atoms with van der Waals surface area (Å²) in [6.07, 6.45) is 2.95. The Labute approximate surface area is 128 Å². The van der Waals surface area contributed by atoms with Crippen molar-refractivity contribution in [2.24, 2.45) is 0 Å². The molecule has 0 aliphatic carbocycles. The number of aromatic nitrogens is 2. The fourth-order valence-electron chi connectivity index (χ4n) is 1.78. The lowest BCUT2D eigenvalue weighted by molar-refractivity contribution is 0.613. The molecule has 0 atom stereocenters. The fraction of sp³-hybridized carbons (Fsp3) is 0.333. The van der Waals surface area contributed by atoms with Gasteiger partial charge in [-0.15, -0.1) is 0 Å². The van der Waals surface area contributed by atoms with Crippen molar-refractivity contribution in [1.82, 2.24) is 9.97 Å². The molecule has 112 valence electrons. The summed E-state index contributed by atoms with van der Waals surface area (Å²) < 4.78 is 13.6. The maximum absolute atomic E-state index is 13.6. The number of hydrogen-bond donors (Lipinski definition) is 2. The van der Waals surface area contributed by atoms with E-state index in [0.29, 0.717) is 23.1 Å². The molecule has 0 fully saturated rings. The molecule has 0 spiro atoms. The predicted octanol–water partition coefficient (Wildman–Crippen LogP) is 3.77. The summed E-state index contributed by atoms with van der Waals surface area (Å²) in [6.45, 7) is 3.35. The van der Waals surface area contributed by atoms with Gasteiger partial charge in [-0.3, -0.25) is 0 Å². The zero-order valence-electron chi connectivity index (χ0n) is 12.2. The first-order valence-electron chi connectivity index (χ1n) is 6.87. The highest BCUT2D eigenvalue weighted by Crippen LogP contribution is 2.18. The highest BCUT2D eigenvalue weighted by Gasteiger charge is 2.05. The molecule has 0 saturated heterocycles. The third-order valence-electron chi connectivity index (χ3n) is 2.86. The van der Waals surface area contributed by atoms with Gasteiger partial charge in [-0.1, -0.05) is 36.9 Å². The van der Waals surface area contributed by atoms with Gasteiger partial charge >= 0.3 is 0 Å². The summed E-state index contributed by atoms with van der Waals surface area (Å²) >= 11 is 1.48. The van der Waals surface area contributed by atoms with Crippen LogP contribution >= 0.6 is 11.8 Å². The van der Waals surface area contributed by atoms with Crippen LogP contribution in [0.15, 0.2) is 35.5 Å². The molecular formula is C15H19FN4S. The minimum atomic E-state index is -0.214. The van der Waals surface area contributed by atoms with Gasteiger partial charge in [0.2, 0.25) is 0 Å². The molecule has 0 aliphatic rings. The third-order valence-corrected chi connectivity index (χ3v) is 3.41. The zero-order valence-corrected chi connectivity index (χ0v) is 13.0. The van der Waals surface area contributed by atoms with Gasteiger partial charge in [0.05, 0.1) is 0 Å². The quantitative estimate of drug-likeness (QED) is 0.602. The second-order valence-electron chi connectivity index (χ2n) is 4.50. The molecule has 0 saturated carbocycles. The van der Waals surface area contributed by atoms with Crippen LogP contribution in [0.3, 0.4) is 0 Å². The van der Waals surface area contributed by atoms with Crippen molar-refractivity contribution in [3.63, 3.8) is 0 Å². The lowest BCUT2D eigenvalue weighted by Gasteiger charge is -2.10. The smallest absolute Gasteiger partial charge is 0.191 e. The maximum atomic E-state index is 13.6. The lowest BCUT2D eigenvalue weighted by atomic mass is 10.2. The largest absolute Gasteiger partial charge is 0.370 e. The number of benzene rings is 1. The van der Waals surface area contributed by atoms with E-state index in [1.165, 1.54) is 17.8 Å². The third kappa shape index (κ3) is 4.60. The van der Waals surface area contributed by atoms with Crippen LogP contribution in [0.5, 0.6) is 0 Å². The Morgan fingerprint density at radius 1 is 1.14 bits per heavy atom. The second-order valence-corrected chi connectivity index (χ2v) is 5.27. The zero-order chi connectivity index (χ0) is 15.1. The van der Waals surface area contributed by atoms with Crippen LogP contribution in [0.4, 0.5) is 16.0 Å². The minimum absolute atomic E-state index is 0.214. The molecule has 0 bridgehead atoms. The van der Waals surface area contributed by atoms with Crippen molar-refractivity contribution in [3.8, 4) is 0 Å². The van der Waals surface area contributed by atoms with Crippen LogP contribution in [0.2, 0.25) is 0 Å². The molecule has 0 unspecified atom stereocenters. The first-order chi connectivity index (χ1) is 10.2. The van der Waals surface area contributed by atoms with E-state index >= 15 is 0 Å². The van der Waals surface area contributed by atoms with Crippen molar-refractivity contribution in [2.45, 2.75) is 25.0 Å². The SMILES string of the molecule is CCCNc1cc(NCc2ccccc2F)nc(SC)n1. The van der Waals surface area contributed by atoms with Gasteiger partial charge in [0.25, 0.3) is 0 Å². The van der Waals surface area contributed by atoms with E-state index in [2.05, 4.69) is 27.5 Å². The minimum Gasteiger partial charge on any atom is -0.370 e. The Morgan fingerprint density at radius 3 is 2.52 bits per heavy atom. The summed E-state index contributed by atoms with van der Waals surface area (Å²) in [5.74, 6) is 1.26. The molecule has 1 heterocycles. The van der Waals surface area contributed by atoms with E-state index in [4.69, 9.17) is 0 Å². The van der Waals surface area contributed by atoms with E-state index in [1.807, 2.05) is 18.4 Å². The van der Waals surface area contributed by atoms with Crippen molar-refractivity contribution < 1.29 is 4.39 Å². The van der Waals surface area contributed by atoms with Gasteiger partial charge in [-0.25, -0.2) is 14.4 Å². The van der Waals surface area contributed by atoms with E-state index in [1.54, 1.807) is 12.1 Å². The van der Waals surface area contributed by atoms with Gasteiger partial charge in [0.1, 0.15) is 17.5 Å². The number of anilines is 2. The number of thioether (sulfide) groups is 1. The Morgan fingerprint density at radius 2 is 1.86 bits per heavy atom. The van der Waals surface area contributed by atoms with Crippen LogP contribution in [0.25, 0.3) is 0 Å². The predicted molar refractivity (Wildman–Crippen MR) is 86.3 cm³/mol. The Balaban J connectivity index is 2.09. The highest BCUT2D eigenvalue weighted by molar-refractivity contribution is 7.98. The summed E-state index contributed by atoms with van der Waals surface area (Å²) in [4.78, 5) is 8.77. The van der Waals surface area contributed by atoms with E-state index in [9.17, 15) is 4.39 Å². The summed E-state index contributed by atoms with van der Waals surface area (Å²) in [6, 6.07) is 8.56. The second kappa shape index (κ2) is 7.83.